The van der Waals surface area contributed by atoms with Crippen LogP contribution in [-0.2, 0) is 4.79 Å². The summed E-state index contributed by atoms with van der Waals surface area (Å²) in [6, 6.07) is 4.37. The summed E-state index contributed by atoms with van der Waals surface area (Å²) in [6.07, 6.45) is -1.40. The first kappa shape index (κ1) is 18.0. The number of aliphatic carboxylic acids is 1. The van der Waals surface area contributed by atoms with Crippen molar-refractivity contribution in [1.29, 1.82) is 0 Å². The van der Waals surface area contributed by atoms with Crippen molar-refractivity contribution < 1.29 is 28.2 Å². The first-order valence-corrected chi connectivity index (χ1v) is 7.67. The first-order valence-electron chi connectivity index (χ1n) is 7.67. The number of nitrogens with zero attached hydrogens (tertiary/aromatic N) is 1. The number of halogens is 2. The maximum absolute atomic E-state index is 12.3. The molecule has 2 rings (SSSR count). The summed E-state index contributed by atoms with van der Waals surface area (Å²) in [4.78, 5) is 24.8. The molecule has 0 bridgehead atoms. The average molecular weight is 342 g/mol. The molecule has 132 valence electrons. The minimum absolute atomic E-state index is 0.155. The van der Waals surface area contributed by atoms with Crippen LogP contribution in [0.3, 0.4) is 0 Å². The van der Waals surface area contributed by atoms with Crippen LogP contribution in [0.1, 0.15) is 18.4 Å². The number of amides is 2. The second-order valence-corrected chi connectivity index (χ2v) is 5.74. The summed E-state index contributed by atoms with van der Waals surface area (Å²) >= 11 is 0. The molecule has 1 aliphatic rings. The van der Waals surface area contributed by atoms with E-state index in [1.165, 1.54) is 11.0 Å². The Balaban J connectivity index is 2.00. The quantitative estimate of drug-likeness (QED) is 0.862. The Morgan fingerprint density at radius 2 is 2.21 bits per heavy atom. The van der Waals surface area contributed by atoms with E-state index in [1.807, 2.05) is 0 Å². The van der Waals surface area contributed by atoms with Gasteiger partial charge < -0.3 is 20.1 Å². The Morgan fingerprint density at radius 3 is 2.88 bits per heavy atom. The number of ether oxygens (including phenoxy) is 1. The highest BCUT2D eigenvalue weighted by molar-refractivity contribution is 5.90. The van der Waals surface area contributed by atoms with E-state index in [1.54, 1.807) is 19.1 Å². The van der Waals surface area contributed by atoms with Crippen molar-refractivity contribution in [3.63, 3.8) is 0 Å². The van der Waals surface area contributed by atoms with E-state index in [2.05, 4.69) is 5.32 Å². The number of hydrogen-bond acceptors (Lipinski definition) is 3. The van der Waals surface area contributed by atoms with Gasteiger partial charge in [-0.3, -0.25) is 4.79 Å². The lowest BCUT2D eigenvalue weighted by atomic mass is 9.99. The van der Waals surface area contributed by atoms with E-state index < -0.39 is 31.0 Å². The molecule has 0 saturated carbocycles. The van der Waals surface area contributed by atoms with Crippen LogP contribution in [-0.4, -0.2) is 48.1 Å². The van der Waals surface area contributed by atoms with Crippen LogP contribution in [0.25, 0.3) is 0 Å². The molecule has 1 aromatic rings. The number of carbonyl (C=O) groups excluding carboxylic acids is 1. The van der Waals surface area contributed by atoms with E-state index in [9.17, 15) is 18.4 Å². The van der Waals surface area contributed by atoms with Crippen molar-refractivity contribution >= 4 is 17.7 Å². The lowest BCUT2D eigenvalue weighted by Crippen LogP contribution is -2.44. The minimum Gasteiger partial charge on any atom is -0.487 e. The number of benzene rings is 1. The minimum atomic E-state index is -2.58. The third kappa shape index (κ3) is 4.81. The lowest BCUT2D eigenvalue weighted by molar-refractivity contribution is -0.143. The van der Waals surface area contributed by atoms with E-state index in [0.717, 1.165) is 0 Å². The van der Waals surface area contributed by atoms with Crippen molar-refractivity contribution in [1.82, 2.24) is 4.90 Å². The molecular formula is C16H20F2N2O4. The number of anilines is 1. The molecule has 1 saturated heterocycles. The van der Waals surface area contributed by atoms with Crippen LogP contribution < -0.4 is 10.1 Å². The van der Waals surface area contributed by atoms with Gasteiger partial charge in [-0.15, -0.1) is 0 Å². The summed E-state index contributed by atoms with van der Waals surface area (Å²) in [5, 5.41) is 11.7. The Bertz CT molecular complexity index is 610. The average Bonchev–Trinajstić information content (AvgIpc) is 2.55. The fraction of sp³-hybridized carbons (Fsp3) is 0.500. The number of piperidine rings is 1. The molecule has 0 aliphatic carbocycles. The molecule has 8 heteroatoms. The first-order chi connectivity index (χ1) is 11.4. The van der Waals surface area contributed by atoms with Gasteiger partial charge in [0.15, 0.2) is 0 Å². The highest BCUT2D eigenvalue weighted by Crippen LogP contribution is 2.24. The Kier molecular flexibility index (Phi) is 5.94. The molecular weight excluding hydrogens is 322 g/mol. The number of nitrogens with one attached hydrogen (secondary N) is 1. The van der Waals surface area contributed by atoms with Gasteiger partial charge in [0.05, 0.1) is 5.92 Å². The number of alkyl halides is 2. The monoisotopic (exact) mass is 342 g/mol. The van der Waals surface area contributed by atoms with Gasteiger partial charge >= 0.3 is 12.0 Å². The normalized spacial score (nSPS) is 17.7. The predicted molar refractivity (Wildman–Crippen MR) is 83.6 cm³/mol. The molecule has 1 aromatic carbocycles. The molecule has 1 heterocycles. The highest BCUT2D eigenvalue weighted by Gasteiger charge is 2.28. The van der Waals surface area contributed by atoms with E-state index in [4.69, 9.17) is 9.84 Å². The molecule has 24 heavy (non-hydrogen) atoms. The van der Waals surface area contributed by atoms with Gasteiger partial charge in [0, 0.05) is 24.8 Å². The molecule has 0 spiro atoms. The number of aryl methyl sites for hydroxylation is 1. The molecule has 6 nitrogen and oxygen atoms in total. The van der Waals surface area contributed by atoms with Crippen molar-refractivity contribution in [2.75, 3.05) is 25.0 Å². The van der Waals surface area contributed by atoms with E-state index >= 15 is 0 Å². The zero-order valence-corrected chi connectivity index (χ0v) is 13.3. The van der Waals surface area contributed by atoms with Crippen molar-refractivity contribution in [3.8, 4) is 5.75 Å². The molecule has 0 radical (unpaired) electrons. The number of urea groups is 1. The summed E-state index contributed by atoms with van der Waals surface area (Å²) in [6.45, 7) is 1.64. The number of carboxylic acid groups (broad SMARTS) is 1. The summed E-state index contributed by atoms with van der Waals surface area (Å²) in [5.41, 5.74) is 1.09. The smallest absolute Gasteiger partial charge is 0.321 e. The molecule has 1 fully saturated rings. The van der Waals surface area contributed by atoms with Crippen LogP contribution in [0, 0.1) is 12.8 Å². The summed E-state index contributed by atoms with van der Waals surface area (Å²) in [5.74, 6) is -1.20. The van der Waals surface area contributed by atoms with E-state index in [-0.39, 0.29) is 12.3 Å². The van der Waals surface area contributed by atoms with Gasteiger partial charge in [-0.2, -0.15) is 0 Å². The van der Waals surface area contributed by atoms with Crippen LogP contribution in [0.15, 0.2) is 18.2 Å². The van der Waals surface area contributed by atoms with Gasteiger partial charge in [-0.1, -0.05) is 6.07 Å². The van der Waals surface area contributed by atoms with Gasteiger partial charge in [-0.05, 0) is 31.4 Å². The number of carbonyl (C=O) groups is 2. The largest absolute Gasteiger partial charge is 0.487 e. The van der Waals surface area contributed by atoms with E-state index in [0.29, 0.717) is 30.6 Å². The molecule has 1 aliphatic heterocycles. The fourth-order valence-corrected chi connectivity index (χ4v) is 2.55. The van der Waals surface area contributed by atoms with Crippen LogP contribution in [0.2, 0.25) is 0 Å². The number of carboxylic acids is 1. The number of rotatable bonds is 5. The standard InChI is InChI=1S/C16H20F2N2O4/c1-10-4-5-12(7-13(10)24-9-14(17)18)19-16(23)20-6-2-3-11(8-20)15(21)22/h4-5,7,11,14H,2-3,6,8-9H2,1H3,(H,19,23)(H,21,22). The van der Waals surface area contributed by atoms with Gasteiger partial charge in [-0.25, -0.2) is 13.6 Å². The van der Waals surface area contributed by atoms with Gasteiger partial charge in [0.25, 0.3) is 6.43 Å². The zero-order valence-electron chi connectivity index (χ0n) is 13.3. The SMILES string of the molecule is Cc1ccc(NC(=O)N2CCCC(C(=O)O)C2)cc1OCC(F)F. The van der Waals surface area contributed by atoms with Crippen LogP contribution >= 0.6 is 0 Å². The van der Waals surface area contributed by atoms with Gasteiger partial charge in [0.1, 0.15) is 12.4 Å². The Labute approximate surface area is 138 Å². The van der Waals surface area contributed by atoms with Crippen LogP contribution in [0.4, 0.5) is 19.3 Å². The lowest BCUT2D eigenvalue weighted by Gasteiger charge is -2.30. The molecule has 1 unspecified atom stereocenters. The third-order valence-corrected chi connectivity index (χ3v) is 3.86. The highest BCUT2D eigenvalue weighted by atomic mass is 19.3. The predicted octanol–water partition coefficient (Wildman–Crippen LogP) is 2.97. The molecule has 1 atom stereocenters. The fourth-order valence-electron chi connectivity index (χ4n) is 2.55. The maximum Gasteiger partial charge on any atom is 0.321 e. The summed E-state index contributed by atoms with van der Waals surface area (Å²) < 4.78 is 29.5. The topological polar surface area (TPSA) is 78.9 Å². The molecule has 0 aromatic heterocycles. The van der Waals surface area contributed by atoms with Crippen LogP contribution in [0.5, 0.6) is 5.75 Å². The molecule has 2 N–H and O–H groups in total. The third-order valence-electron chi connectivity index (χ3n) is 3.86. The Hall–Kier alpha value is -2.38. The second-order valence-electron chi connectivity index (χ2n) is 5.74. The number of hydrogen-bond donors (Lipinski definition) is 2. The second kappa shape index (κ2) is 7.94. The van der Waals surface area contributed by atoms with Crippen molar-refractivity contribution in [3.05, 3.63) is 23.8 Å². The van der Waals surface area contributed by atoms with Crippen molar-refractivity contribution in [2.45, 2.75) is 26.2 Å². The summed E-state index contributed by atoms with van der Waals surface area (Å²) in [7, 11) is 0. The Morgan fingerprint density at radius 1 is 1.46 bits per heavy atom. The number of likely N-dealkylation sites (tertiary alicyclic amines) is 1. The van der Waals surface area contributed by atoms with Gasteiger partial charge in [0.2, 0.25) is 0 Å². The van der Waals surface area contributed by atoms with Crippen molar-refractivity contribution in [2.24, 2.45) is 5.92 Å². The molecule has 2 amide bonds. The zero-order chi connectivity index (χ0) is 17.7. The maximum atomic E-state index is 12.3.